The van der Waals surface area contributed by atoms with Crippen molar-refractivity contribution in [3.05, 3.63) is 33.3 Å². The lowest BCUT2D eigenvalue weighted by atomic mass is 9.77. The number of hydrogen-bond acceptors (Lipinski definition) is 0. The van der Waals surface area contributed by atoms with Crippen molar-refractivity contribution in [2.24, 2.45) is 5.41 Å². The molecule has 0 bridgehead atoms. The van der Waals surface area contributed by atoms with Gasteiger partial charge < -0.3 is 0 Å². The van der Waals surface area contributed by atoms with Crippen LogP contribution in [0.3, 0.4) is 0 Å². The van der Waals surface area contributed by atoms with Gasteiger partial charge in [0.1, 0.15) is 0 Å². The highest BCUT2D eigenvalue weighted by molar-refractivity contribution is 6.35. The first-order chi connectivity index (χ1) is 6.89. The van der Waals surface area contributed by atoms with Gasteiger partial charge in [0, 0.05) is 10.0 Å². The molecule has 2 rings (SSSR count). The Morgan fingerprint density at radius 2 is 1.87 bits per heavy atom. The van der Waals surface area contributed by atoms with Gasteiger partial charge in [-0.25, -0.2) is 0 Å². The number of fused-ring (bicyclic) bond motifs is 1. The third-order valence-corrected chi connectivity index (χ3v) is 3.85. The number of hydrogen-bond donors (Lipinski definition) is 0. The smallest absolute Gasteiger partial charge is 0.0455 e. The van der Waals surface area contributed by atoms with Crippen LogP contribution in [-0.4, -0.2) is 0 Å². The Morgan fingerprint density at radius 3 is 2.47 bits per heavy atom. The molecule has 0 amide bonds. The van der Waals surface area contributed by atoms with Gasteiger partial charge >= 0.3 is 0 Å². The summed E-state index contributed by atoms with van der Waals surface area (Å²) < 4.78 is 0. The van der Waals surface area contributed by atoms with E-state index >= 15 is 0 Å². The van der Waals surface area contributed by atoms with E-state index in [1.807, 2.05) is 6.07 Å². The molecule has 0 fully saturated rings. The van der Waals surface area contributed by atoms with E-state index in [1.165, 1.54) is 17.5 Å². The largest absolute Gasteiger partial charge is 0.0843 e. The first-order valence-electron chi connectivity index (χ1n) is 5.37. The van der Waals surface area contributed by atoms with E-state index in [2.05, 4.69) is 26.8 Å². The Bertz CT molecular complexity index is 388. The maximum absolute atomic E-state index is 6.21. The lowest BCUT2D eigenvalue weighted by Crippen LogP contribution is -2.15. The maximum atomic E-state index is 6.21. The number of rotatable bonds is 0. The van der Waals surface area contributed by atoms with E-state index in [9.17, 15) is 0 Å². The Kier molecular flexibility index (Phi) is 2.77. The summed E-state index contributed by atoms with van der Waals surface area (Å²) in [6.45, 7) is 6.84. The SMILES string of the molecule is CC(C)(C)C1CCc2c(Cl)cc(Cl)cc21. The third-order valence-electron chi connectivity index (χ3n) is 3.30. The van der Waals surface area contributed by atoms with Gasteiger partial charge in [-0.2, -0.15) is 0 Å². The van der Waals surface area contributed by atoms with Gasteiger partial charge in [0.05, 0.1) is 0 Å². The molecule has 1 aliphatic carbocycles. The zero-order chi connectivity index (χ0) is 11.2. The minimum Gasteiger partial charge on any atom is -0.0843 e. The molecule has 0 N–H and O–H groups in total. The topological polar surface area (TPSA) is 0 Å². The molecule has 0 spiro atoms. The van der Waals surface area contributed by atoms with Crippen LogP contribution in [0.2, 0.25) is 10.0 Å². The van der Waals surface area contributed by atoms with Crippen LogP contribution in [0.4, 0.5) is 0 Å². The van der Waals surface area contributed by atoms with Crippen molar-refractivity contribution in [3.8, 4) is 0 Å². The first-order valence-corrected chi connectivity index (χ1v) is 6.13. The van der Waals surface area contributed by atoms with Crippen LogP contribution in [0, 0.1) is 5.41 Å². The average Bonchev–Trinajstić information content (AvgIpc) is 2.45. The number of benzene rings is 1. The van der Waals surface area contributed by atoms with E-state index in [0.717, 1.165) is 16.5 Å². The molecule has 1 aromatic carbocycles. The fourth-order valence-corrected chi connectivity index (χ4v) is 3.15. The minimum atomic E-state index is 0.291. The quantitative estimate of drug-likeness (QED) is 0.596. The standard InChI is InChI=1S/C13H16Cl2/c1-13(2,3)11-5-4-9-10(11)6-8(14)7-12(9)15/h6-7,11H,4-5H2,1-3H3. The highest BCUT2D eigenvalue weighted by Gasteiger charge is 2.33. The summed E-state index contributed by atoms with van der Waals surface area (Å²) in [5, 5.41) is 1.60. The van der Waals surface area contributed by atoms with Crippen LogP contribution in [-0.2, 0) is 6.42 Å². The highest BCUT2D eigenvalue weighted by atomic mass is 35.5. The van der Waals surface area contributed by atoms with Crippen LogP contribution in [0.15, 0.2) is 12.1 Å². The first kappa shape index (κ1) is 11.3. The van der Waals surface area contributed by atoms with Gasteiger partial charge in [-0.05, 0) is 47.4 Å². The molecule has 1 atom stereocenters. The normalized spacial score (nSPS) is 20.5. The van der Waals surface area contributed by atoms with Crippen molar-refractivity contribution in [2.45, 2.75) is 39.5 Å². The summed E-state index contributed by atoms with van der Waals surface area (Å²) >= 11 is 12.3. The van der Waals surface area contributed by atoms with E-state index < -0.39 is 0 Å². The molecule has 1 aromatic rings. The van der Waals surface area contributed by atoms with Gasteiger partial charge in [-0.3, -0.25) is 0 Å². The molecular weight excluding hydrogens is 227 g/mol. The Labute approximate surface area is 102 Å². The molecule has 1 unspecified atom stereocenters. The molecule has 0 radical (unpaired) electrons. The fourth-order valence-electron chi connectivity index (χ4n) is 2.54. The van der Waals surface area contributed by atoms with Crippen LogP contribution in [0.25, 0.3) is 0 Å². The van der Waals surface area contributed by atoms with Crippen LogP contribution in [0.1, 0.15) is 44.2 Å². The van der Waals surface area contributed by atoms with Crippen molar-refractivity contribution in [2.75, 3.05) is 0 Å². The summed E-state index contributed by atoms with van der Waals surface area (Å²) in [5.41, 5.74) is 2.96. The predicted molar refractivity (Wildman–Crippen MR) is 67.0 cm³/mol. The summed E-state index contributed by atoms with van der Waals surface area (Å²) in [4.78, 5) is 0. The third kappa shape index (κ3) is 2.03. The predicted octanol–water partition coefficient (Wildman–Crippen LogP) is 5.07. The lowest BCUT2D eigenvalue weighted by molar-refractivity contribution is 0.319. The Balaban J connectivity index is 2.51. The molecule has 0 aromatic heterocycles. The van der Waals surface area contributed by atoms with Gasteiger partial charge in [0.25, 0.3) is 0 Å². The monoisotopic (exact) mass is 242 g/mol. The second-order valence-electron chi connectivity index (χ2n) is 5.41. The molecule has 0 aliphatic heterocycles. The van der Waals surface area contributed by atoms with Crippen molar-refractivity contribution >= 4 is 23.2 Å². The molecule has 0 nitrogen and oxygen atoms in total. The highest BCUT2D eigenvalue weighted by Crippen LogP contribution is 2.47. The summed E-state index contributed by atoms with van der Waals surface area (Å²) in [5.74, 6) is 0.587. The van der Waals surface area contributed by atoms with Crippen molar-refractivity contribution in [1.82, 2.24) is 0 Å². The molecule has 2 heteroatoms. The zero-order valence-electron chi connectivity index (χ0n) is 9.40. The zero-order valence-corrected chi connectivity index (χ0v) is 10.9. The summed E-state index contributed by atoms with van der Waals surface area (Å²) in [7, 11) is 0. The van der Waals surface area contributed by atoms with Gasteiger partial charge in [0.15, 0.2) is 0 Å². The van der Waals surface area contributed by atoms with Crippen LogP contribution in [0.5, 0.6) is 0 Å². The van der Waals surface area contributed by atoms with Gasteiger partial charge in [-0.1, -0.05) is 44.0 Å². The second-order valence-corrected chi connectivity index (χ2v) is 6.26. The van der Waals surface area contributed by atoms with E-state index in [1.54, 1.807) is 0 Å². The molecule has 15 heavy (non-hydrogen) atoms. The lowest BCUT2D eigenvalue weighted by Gasteiger charge is -2.28. The fraction of sp³-hybridized carbons (Fsp3) is 0.538. The van der Waals surface area contributed by atoms with Crippen molar-refractivity contribution < 1.29 is 0 Å². The van der Waals surface area contributed by atoms with E-state index in [4.69, 9.17) is 23.2 Å². The average molecular weight is 243 g/mol. The number of halogens is 2. The van der Waals surface area contributed by atoms with Crippen LogP contribution >= 0.6 is 23.2 Å². The molecule has 0 heterocycles. The summed E-state index contributed by atoms with van der Waals surface area (Å²) in [6, 6.07) is 3.94. The van der Waals surface area contributed by atoms with Gasteiger partial charge in [-0.15, -0.1) is 0 Å². The van der Waals surface area contributed by atoms with Crippen molar-refractivity contribution in [3.63, 3.8) is 0 Å². The summed E-state index contributed by atoms with van der Waals surface area (Å²) in [6.07, 6.45) is 2.28. The second kappa shape index (κ2) is 3.68. The molecular formula is C13H16Cl2. The van der Waals surface area contributed by atoms with Crippen LogP contribution < -0.4 is 0 Å². The van der Waals surface area contributed by atoms with E-state index in [-0.39, 0.29) is 0 Å². The molecule has 1 aliphatic rings. The minimum absolute atomic E-state index is 0.291. The Morgan fingerprint density at radius 1 is 1.20 bits per heavy atom. The molecule has 0 saturated carbocycles. The Hall–Kier alpha value is -0.200. The van der Waals surface area contributed by atoms with Crippen molar-refractivity contribution in [1.29, 1.82) is 0 Å². The van der Waals surface area contributed by atoms with E-state index in [0.29, 0.717) is 11.3 Å². The molecule has 82 valence electrons. The molecule has 0 saturated heterocycles. The maximum Gasteiger partial charge on any atom is 0.0455 e. The van der Waals surface area contributed by atoms with Gasteiger partial charge in [0.2, 0.25) is 0 Å².